The number of carbonyl (C=O) groups is 1. The van der Waals surface area contributed by atoms with Crippen molar-refractivity contribution in [2.24, 2.45) is 0 Å². The molecule has 3 nitrogen and oxygen atoms in total. The summed E-state index contributed by atoms with van der Waals surface area (Å²) in [5, 5.41) is 5.11. The second kappa shape index (κ2) is 1.68. The minimum Gasteiger partial charge on any atom is -0.327 e. The Labute approximate surface area is 46.0 Å². The van der Waals surface area contributed by atoms with Crippen LogP contribution in [0.1, 0.15) is 0 Å². The first kappa shape index (κ1) is 4.87. The molecular weight excluding hydrogens is 115 g/mol. The van der Waals surface area contributed by atoms with Crippen molar-refractivity contribution < 1.29 is 4.79 Å². The highest BCUT2D eigenvalue weighted by molar-refractivity contribution is 6.21. The molecule has 4 heteroatoms. The molecule has 0 bridgehead atoms. The lowest BCUT2D eigenvalue weighted by molar-refractivity contribution is -0.118. The van der Waals surface area contributed by atoms with Gasteiger partial charge in [-0.2, -0.15) is 0 Å². The average molecular weight is 121 g/mol. The van der Waals surface area contributed by atoms with Crippen LogP contribution in [0.4, 0.5) is 0 Å². The number of amides is 1. The van der Waals surface area contributed by atoms with Crippen molar-refractivity contribution in [1.82, 2.24) is 10.6 Å². The van der Waals surface area contributed by atoms with Gasteiger partial charge in [-0.1, -0.05) is 11.6 Å². The summed E-state index contributed by atoms with van der Waals surface area (Å²) in [6.07, 6.45) is 0. The minimum atomic E-state index is -0.354. The highest BCUT2D eigenvalue weighted by atomic mass is 35.5. The number of nitrogens with one attached hydrogen (secondary N) is 2. The zero-order valence-corrected chi connectivity index (χ0v) is 4.33. The molecule has 1 aliphatic rings. The molecule has 1 aliphatic heterocycles. The Morgan fingerprint density at radius 2 is 2.57 bits per heavy atom. The molecule has 0 spiro atoms. The number of carbonyl (C=O) groups excluding carboxylic acids is 1. The molecule has 0 radical (unpaired) electrons. The highest BCUT2D eigenvalue weighted by Gasteiger charge is 2.15. The molecular formula is C3H5ClN2O. The smallest absolute Gasteiger partial charge is 0.236 e. The third-order valence-electron chi connectivity index (χ3n) is 0.730. The fraction of sp³-hybridized carbons (Fsp3) is 0.667. The molecule has 1 amide bonds. The molecule has 40 valence electrons. The van der Waals surface area contributed by atoms with Crippen LogP contribution in [0.3, 0.4) is 0 Å². The number of hydrogen-bond donors (Lipinski definition) is 2. The molecule has 0 saturated carbocycles. The maximum atomic E-state index is 10.2. The van der Waals surface area contributed by atoms with Gasteiger partial charge in [0.15, 0.2) is 5.62 Å². The summed E-state index contributed by atoms with van der Waals surface area (Å²) < 4.78 is 0. The van der Waals surface area contributed by atoms with E-state index in [1.807, 2.05) is 0 Å². The van der Waals surface area contributed by atoms with Crippen molar-refractivity contribution in [3.8, 4) is 0 Å². The molecule has 7 heavy (non-hydrogen) atoms. The van der Waals surface area contributed by atoms with Gasteiger partial charge in [0.1, 0.15) is 0 Å². The minimum absolute atomic E-state index is 0.0417. The zero-order valence-electron chi connectivity index (χ0n) is 3.57. The summed E-state index contributed by atoms with van der Waals surface area (Å²) in [6, 6.07) is 0. The highest BCUT2D eigenvalue weighted by Crippen LogP contribution is 1.89. The molecule has 0 aliphatic carbocycles. The van der Waals surface area contributed by atoms with Crippen LogP contribution in [0.25, 0.3) is 0 Å². The van der Waals surface area contributed by atoms with E-state index in [0.717, 1.165) is 0 Å². The summed E-state index contributed by atoms with van der Waals surface area (Å²) in [7, 11) is 0. The lowest BCUT2D eigenvalue weighted by Gasteiger charge is -1.93. The van der Waals surface area contributed by atoms with Gasteiger partial charge in [0.2, 0.25) is 5.91 Å². The summed E-state index contributed by atoms with van der Waals surface area (Å²) in [6.45, 7) is 0.341. The van der Waals surface area contributed by atoms with Crippen LogP contribution in [0, 0.1) is 0 Å². The van der Waals surface area contributed by atoms with Crippen LogP contribution in [0.2, 0.25) is 0 Å². The van der Waals surface area contributed by atoms with Gasteiger partial charge in [0.25, 0.3) is 0 Å². The second-order valence-electron chi connectivity index (χ2n) is 1.31. The van der Waals surface area contributed by atoms with E-state index < -0.39 is 0 Å². The third kappa shape index (κ3) is 1.04. The first-order valence-corrected chi connectivity index (χ1v) is 2.39. The zero-order chi connectivity index (χ0) is 5.28. The molecule has 0 aromatic rings. The van der Waals surface area contributed by atoms with Crippen molar-refractivity contribution in [1.29, 1.82) is 0 Å². The molecule has 1 heterocycles. The van der Waals surface area contributed by atoms with Crippen molar-refractivity contribution in [2.45, 2.75) is 5.62 Å². The first-order chi connectivity index (χ1) is 3.29. The van der Waals surface area contributed by atoms with Gasteiger partial charge in [-0.15, -0.1) is 0 Å². The largest absolute Gasteiger partial charge is 0.327 e. The lowest BCUT2D eigenvalue weighted by Crippen LogP contribution is -2.24. The number of halogens is 1. The quantitative estimate of drug-likeness (QED) is 0.326. The molecule has 0 aromatic heterocycles. The van der Waals surface area contributed by atoms with Crippen molar-refractivity contribution in [3.05, 3.63) is 0 Å². The van der Waals surface area contributed by atoms with Crippen LogP contribution in [-0.4, -0.2) is 18.1 Å². The molecule has 1 saturated heterocycles. The SMILES string of the molecule is O=C1CNC(Cl)N1. The van der Waals surface area contributed by atoms with E-state index in [0.29, 0.717) is 6.54 Å². The van der Waals surface area contributed by atoms with E-state index in [2.05, 4.69) is 10.6 Å². The van der Waals surface area contributed by atoms with E-state index in [1.165, 1.54) is 0 Å². The van der Waals surface area contributed by atoms with E-state index in [-0.39, 0.29) is 11.5 Å². The summed E-state index contributed by atoms with van der Waals surface area (Å²) in [5.41, 5.74) is -0.354. The van der Waals surface area contributed by atoms with E-state index in [9.17, 15) is 4.79 Å². The van der Waals surface area contributed by atoms with Crippen LogP contribution in [0.5, 0.6) is 0 Å². The Kier molecular flexibility index (Phi) is 1.17. The van der Waals surface area contributed by atoms with Crippen molar-refractivity contribution in [2.75, 3.05) is 6.54 Å². The Hall–Kier alpha value is -0.280. The van der Waals surface area contributed by atoms with Crippen LogP contribution < -0.4 is 10.6 Å². The molecule has 1 fully saturated rings. The normalized spacial score (nSPS) is 30.4. The second-order valence-corrected chi connectivity index (χ2v) is 1.75. The van der Waals surface area contributed by atoms with Gasteiger partial charge in [0.05, 0.1) is 6.54 Å². The van der Waals surface area contributed by atoms with Crippen LogP contribution in [0.15, 0.2) is 0 Å². The Morgan fingerprint density at radius 1 is 1.86 bits per heavy atom. The number of alkyl halides is 1. The summed E-state index contributed by atoms with van der Waals surface area (Å²) in [5.74, 6) is -0.0417. The van der Waals surface area contributed by atoms with Crippen LogP contribution in [-0.2, 0) is 4.79 Å². The maximum absolute atomic E-state index is 10.2. The monoisotopic (exact) mass is 120 g/mol. The number of hydrogen-bond acceptors (Lipinski definition) is 2. The maximum Gasteiger partial charge on any atom is 0.236 e. The topological polar surface area (TPSA) is 41.1 Å². The summed E-state index contributed by atoms with van der Waals surface area (Å²) >= 11 is 5.36. The standard InChI is InChI=1S/C3H5ClN2O/c4-3-5-1-2(7)6-3/h3,5H,1H2,(H,6,7). The molecule has 1 atom stereocenters. The van der Waals surface area contributed by atoms with Crippen molar-refractivity contribution in [3.63, 3.8) is 0 Å². The molecule has 2 N–H and O–H groups in total. The van der Waals surface area contributed by atoms with Gasteiger partial charge >= 0.3 is 0 Å². The third-order valence-corrected chi connectivity index (χ3v) is 0.993. The molecule has 1 rings (SSSR count). The Bertz CT molecular complexity index is 94.9. The Morgan fingerprint density at radius 3 is 2.71 bits per heavy atom. The van der Waals surface area contributed by atoms with Gasteiger partial charge in [-0.3, -0.25) is 10.1 Å². The van der Waals surface area contributed by atoms with Gasteiger partial charge in [0, 0.05) is 0 Å². The predicted octanol–water partition coefficient (Wildman–Crippen LogP) is -0.772. The lowest BCUT2D eigenvalue weighted by atomic mass is 10.7. The Balaban J connectivity index is 2.40. The first-order valence-electron chi connectivity index (χ1n) is 1.96. The fourth-order valence-electron chi connectivity index (χ4n) is 0.426. The van der Waals surface area contributed by atoms with Crippen molar-refractivity contribution >= 4 is 17.5 Å². The number of rotatable bonds is 0. The van der Waals surface area contributed by atoms with Crippen LogP contribution >= 0.6 is 11.6 Å². The van der Waals surface area contributed by atoms with Gasteiger partial charge < -0.3 is 5.32 Å². The fourth-order valence-corrected chi connectivity index (χ4v) is 0.625. The predicted molar refractivity (Wildman–Crippen MR) is 25.8 cm³/mol. The molecule has 0 aromatic carbocycles. The van der Waals surface area contributed by atoms with E-state index >= 15 is 0 Å². The van der Waals surface area contributed by atoms with Gasteiger partial charge in [-0.05, 0) is 0 Å². The summed E-state index contributed by atoms with van der Waals surface area (Å²) in [4.78, 5) is 10.2. The van der Waals surface area contributed by atoms with Gasteiger partial charge in [-0.25, -0.2) is 0 Å². The van der Waals surface area contributed by atoms with E-state index in [1.54, 1.807) is 0 Å². The molecule has 1 unspecified atom stereocenters. The average Bonchev–Trinajstić information content (AvgIpc) is 1.87. The van der Waals surface area contributed by atoms with E-state index in [4.69, 9.17) is 11.6 Å².